The minimum absolute atomic E-state index is 0.0228. The molecular formula is C18H23IN2O2. The first-order valence-corrected chi connectivity index (χ1v) is 9.46. The van der Waals surface area contributed by atoms with Crippen molar-refractivity contribution in [1.29, 1.82) is 0 Å². The van der Waals surface area contributed by atoms with Crippen LogP contribution in [0.15, 0.2) is 24.3 Å². The van der Waals surface area contributed by atoms with Crippen LogP contribution in [0.1, 0.15) is 44.1 Å². The molecule has 1 aromatic rings. The summed E-state index contributed by atoms with van der Waals surface area (Å²) in [5, 5.41) is 0. The Hall–Kier alpha value is -1.11. The van der Waals surface area contributed by atoms with Gasteiger partial charge in [0.05, 0.1) is 0 Å². The maximum atomic E-state index is 12.8. The zero-order valence-corrected chi connectivity index (χ0v) is 15.7. The molecule has 3 rings (SSSR count). The van der Waals surface area contributed by atoms with Crippen LogP contribution in [-0.2, 0) is 9.59 Å². The van der Waals surface area contributed by atoms with Crippen molar-refractivity contribution in [3.05, 3.63) is 33.4 Å². The van der Waals surface area contributed by atoms with Crippen LogP contribution in [0.5, 0.6) is 0 Å². The molecule has 0 spiro atoms. The first-order valence-electron chi connectivity index (χ1n) is 8.38. The highest BCUT2D eigenvalue weighted by atomic mass is 127. The van der Waals surface area contributed by atoms with Crippen molar-refractivity contribution in [2.24, 2.45) is 0 Å². The van der Waals surface area contributed by atoms with Gasteiger partial charge in [0.25, 0.3) is 0 Å². The summed E-state index contributed by atoms with van der Waals surface area (Å²) in [5.74, 6) is 0.716. The van der Waals surface area contributed by atoms with Crippen molar-refractivity contribution < 1.29 is 9.59 Å². The Morgan fingerprint density at radius 1 is 1.09 bits per heavy atom. The Labute approximate surface area is 151 Å². The van der Waals surface area contributed by atoms with E-state index in [1.807, 2.05) is 4.90 Å². The van der Waals surface area contributed by atoms with Crippen molar-refractivity contribution in [2.45, 2.75) is 44.6 Å². The second kappa shape index (κ2) is 7.20. The Bertz CT molecular complexity index is 596. The lowest BCUT2D eigenvalue weighted by molar-refractivity contribution is -0.143. The molecule has 0 radical (unpaired) electrons. The molecule has 2 amide bonds. The summed E-state index contributed by atoms with van der Waals surface area (Å²) in [6, 6.07) is 8.30. The average Bonchev–Trinajstić information content (AvgIpc) is 3.05. The number of amides is 2. The van der Waals surface area contributed by atoms with E-state index in [2.05, 4.69) is 46.9 Å². The molecule has 23 heavy (non-hydrogen) atoms. The number of halogens is 1. The van der Waals surface area contributed by atoms with Gasteiger partial charge in [-0.15, -0.1) is 0 Å². The van der Waals surface area contributed by atoms with Gasteiger partial charge in [-0.3, -0.25) is 9.59 Å². The molecule has 1 atom stereocenters. The number of carbonyl (C=O) groups is 2. The normalized spacial score (nSPS) is 22.4. The molecule has 2 saturated heterocycles. The minimum atomic E-state index is -0.221. The highest BCUT2D eigenvalue weighted by Crippen LogP contribution is 2.32. The Morgan fingerprint density at radius 2 is 1.78 bits per heavy atom. The highest BCUT2D eigenvalue weighted by molar-refractivity contribution is 14.1. The fraction of sp³-hybridized carbons (Fsp3) is 0.556. The molecule has 2 fully saturated rings. The summed E-state index contributed by atoms with van der Waals surface area (Å²) in [5.41, 5.74) is 1.41. The minimum Gasteiger partial charge on any atom is -0.341 e. The molecule has 0 bridgehead atoms. The van der Waals surface area contributed by atoms with Crippen LogP contribution in [0, 0.1) is 3.57 Å². The van der Waals surface area contributed by atoms with E-state index in [4.69, 9.17) is 0 Å². The van der Waals surface area contributed by atoms with Gasteiger partial charge >= 0.3 is 0 Å². The predicted molar refractivity (Wildman–Crippen MR) is 98.1 cm³/mol. The average molecular weight is 426 g/mol. The van der Waals surface area contributed by atoms with Crippen LogP contribution in [0.4, 0.5) is 0 Å². The summed E-state index contributed by atoms with van der Waals surface area (Å²) < 4.78 is 1.31. The molecule has 2 aliphatic rings. The van der Waals surface area contributed by atoms with Crippen molar-refractivity contribution in [3.63, 3.8) is 0 Å². The third kappa shape index (κ3) is 3.54. The summed E-state index contributed by atoms with van der Waals surface area (Å²) >= 11 is 2.40. The van der Waals surface area contributed by atoms with Gasteiger partial charge in [0.2, 0.25) is 11.8 Å². The number of nitrogens with zero attached hydrogens (tertiary/aromatic N) is 2. The summed E-state index contributed by atoms with van der Waals surface area (Å²) in [4.78, 5) is 28.1. The van der Waals surface area contributed by atoms with E-state index in [9.17, 15) is 9.59 Å². The van der Waals surface area contributed by atoms with Crippen molar-refractivity contribution in [3.8, 4) is 0 Å². The quantitative estimate of drug-likeness (QED) is 0.683. The second-order valence-electron chi connectivity index (χ2n) is 6.49. The zero-order valence-electron chi connectivity index (χ0n) is 13.5. The molecule has 1 aromatic carbocycles. The Balaban J connectivity index is 1.62. The number of rotatable bonds is 2. The maximum Gasteiger partial charge on any atom is 0.245 e. The molecule has 0 aliphatic carbocycles. The molecule has 124 valence electrons. The molecule has 2 aliphatic heterocycles. The zero-order chi connectivity index (χ0) is 16.4. The summed E-state index contributed by atoms with van der Waals surface area (Å²) in [6.07, 6.45) is 3.78. The van der Waals surface area contributed by atoms with Crippen molar-refractivity contribution >= 4 is 34.4 Å². The predicted octanol–water partition coefficient (Wildman–Crippen LogP) is 3.01. The summed E-state index contributed by atoms with van der Waals surface area (Å²) in [7, 11) is 0. The molecule has 5 heteroatoms. The fourth-order valence-electron chi connectivity index (χ4n) is 3.83. The second-order valence-corrected chi connectivity index (χ2v) is 7.65. The van der Waals surface area contributed by atoms with Gasteiger partial charge in [-0.2, -0.15) is 0 Å². The number of carbonyl (C=O) groups excluding carboxylic acids is 2. The molecular weight excluding hydrogens is 403 g/mol. The topological polar surface area (TPSA) is 40.6 Å². The van der Waals surface area contributed by atoms with Gasteiger partial charge in [0, 0.05) is 30.1 Å². The third-order valence-electron chi connectivity index (χ3n) is 5.09. The third-order valence-corrected chi connectivity index (χ3v) is 6.08. The SMILES string of the molecule is CC(=O)N1CCCC1C(=O)N1CCC(c2ccccc2I)CC1. The smallest absolute Gasteiger partial charge is 0.245 e. The molecule has 1 unspecified atom stereocenters. The van der Waals surface area contributed by atoms with Gasteiger partial charge < -0.3 is 9.80 Å². The Morgan fingerprint density at radius 3 is 2.43 bits per heavy atom. The van der Waals surface area contributed by atoms with Crippen LogP contribution >= 0.6 is 22.6 Å². The summed E-state index contributed by atoms with van der Waals surface area (Å²) in [6.45, 7) is 3.90. The van der Waals surface area contributed by atoms with E-state index in [0.29, 0.717) is 5.92 Å². The first kappa shape index (κ1) is 16.7. The fourth-order valence-corrected chi connectivity index (χ4v) is 4.66. The maximum absolute atomic E-state index is 12.8. The van der Waals surface area contributed by atoms with E-state index >= 15 is 0 Å². The monoisotopic (exact) mass is 426 g/mol. The standard InChI is InChI=1S/C18H23IN2O2/c1-13(22)21-10-4-7-17(21)18(23)20-11-8-14(9-12-20)15-5-2-3-6-16(15)19/h2-3,5-6,14,17H,4,7-12H2,1H3. The number of hydrogen-bond acceptors (Lipinski definition) is 2. The number of piperidine rings is 1. The molecule has 0 N–H and O–H groups in total. The molecule has 0 aromatic heterocycles. The molecule has 4 nitrogen and oxygen atoms in total. The van der Waals surface area contributed by atoms with Gasteiger partial charge in [-0.25, -0.2) is 0 Å². The first-order chi connectivity index (χ1) is 11.1. The van der Waals surface area contributed by atoms with E-state index in [1.165, 1.54) is 9.13 Å². The van der Waals surface area contributed by atoms with E-state index in [0.717, 1.165) is 45.3 Å². The number of likely N-dealkylation sites (tertiary alicyclic amines) is 2. The van der Waals surface area contributed by atoms with E-state index < -0.39 is 0 Å². The molecule has 2 heterocycles. The highest BCUT2D eigenvalue weighted by Gasteiger charge is 2.36. The lowest BCUT2D eigenvalue weighted by Gasteiger charge is -2.35. The van der Waals surface area contributed by atoms with Gasteiger partial charge in [-0.05, 0) is 65.8 Å². The lowest BCUT2D eigenvalue weighted by atomic mass is 9.89. The van der Waals surface area contributed by atoms with Crippen LogP contribution in [0.3, 0.4) is 0 Å². The van der Waals surface area contributed by atoms with Crippen molar-refractivity contribution in [1.82, 2.24) is 9.80 Å². The van der Waals surface area contributed by atoms with Gasteiger partial charge in [0.1, 0.15) is 6.04 Å². The van der Waals surface area contributed by atoms with E-state index in [1.54, 1.807) is 11.8 Å². The number of hydrogen-bond donors (Lipinski definition) is 0. The number of benzene rings is 1. The van der Waals surface area contributed by atoms with Gasteiger partial charge in [-0.1, -0.05) is 18.2 Å². The van der Waals surface area contributed by atoms with Crippen molar-refractivity contribution in [2.75, 3.05) is 19.6 Å². The largest absolute Gasteiger partial charge is 0.341 e. The van der Waals surface area contributed by atoms with Crippen LogP contribution in [0.25, 0.3) is 0 Å². The lowest BCUT2D eigenvalue weighted by Crippen LogP contribution is -2.49. The van der Waals surface area contributed by atoms with E-state index in [-0.39, 0.29) is 17.9 Å². The van der Waals surface area contributed by atoms with Crippen LogP contribution in [0.2, 0.25) is 0 Å². The Kier molecular flexibility index (Phi) is 5.24. The van der Waals surface area contributed by atoms with Crippen LogP contribution < -0.4 is 0 Å². The van der Waals surface area contributed by atoms with Crippen LogP contribution in [-0.4, -0.2) is 47.3 Å². The molecule has 0 saturated carbocycles. The van der Waals surface area contributed by atoms with Gasteiger partial charge in [0.15, 0.2) is 0 Å².